The molecule has 1 unspecified atom stereocenters. The number of carbonyl (C=O) groups is 2. The number of allylic oxidation sites excluding steroid dienone is 1. The Morgan fingerprint density at radius 3 is 2.57 bits per heavy atom. The number of nitrogens with one attached hydrogen (secondary N) is 2. The number of anilines is 1. The van der Waals surface area contributed by atoms with Gasteiger partial charge in [-0.15, -0.1) is 0 Å². The van der Waals surface area contributed by atoms with Crippen LogP contribution in [-0.4, -0.2) is 17.6 Å². The lowest BCUT2D eigenvalue weighted by Crippen LogP contribution is -2.31. The number of para-hydroxylation sites is 1. The molecule has 1 heterocycles. The highest BCUT2D eigenvalue weighted by molar-refractivity contribution is 8.03. The van der Waals surface area contributed by atoms with Crippen molar-refractivity contribution in [3.8, 4) is 6.07 Å². The van der Waals surface area contributed by atoms with Gasteiger partial charge in [-0.25, -0.2) is 0 Å². The fourth-order valence-electron chi connectivity index (χ4n) is 3.37. The first-order valence-electron chi connectivity index (χ1n) is 9.91. The Bertz CT molecular complexity index is 1020. The van der Waals surface area contributed by atoms with Gasteiger partial charge in [-0.2, -0.15) is 5.26 Å². The quantitative estimate of drug-likeness (QED) is 0.703. The normalized spacial score (nSPS) is 16.2. The molecule has 1 aliphatic rings. The van der Waals surface area contributed by atoms with Gasteiger partial charge in [-0.3, -0.25) is 9.59 Å². The molecule has 0 spiro atoms. The number of aryl methyl sites for hydroxylation is 1. The maximum absolute atomic E-state index is 12.4. The van der Waals surface area contributed by atoms with E-state index in [1.54, 1.807) is 0 Å². The van der Waals surface area contributed by atoms with Gasteiger partial charge in [0.15, 0.2) is 0 Å². The van der Waals surface area contributed by atoms with Crippen molar-refractivity contribution in [2.75, 3.05) is 11.1 Å². The molecule has 0 aromatic heterocycles. The molecule has 2 amide bonds. The molecule has 0 saturated heterocycles. The number of nitriles is 1. The molecule has 30 heavy (non-hydrogen) atoms. The van der Waals surface area contributed by atoms with E-state index >= 15 is 0 Å². The van der Waals surface area contributed by atoms with Gasteiger partial charge in [0.2, 0.25) is 11.8 Å². The van der Waals surface area contributed by atoms with Gasteiger partial charge in [0.1, 0.15) is 0 Å². The number of amides is 2. The summed E-state index contributed by atoms with van der Waals surface area (Å²) in [4.78, 5) is 24.7. The lowest BCUT2D eigenvalue weighted by molar-refractivity contribution is -0.121. The molecule has 5 nitrogen and oxygen atoms in total. The van der Waals surface area contributed by atoms with E-state index in [1.807, 2.05) is 55.5 Å². The molecule has 154 valence electrons. The summed E-state index contributed by atoms with van der Waals surface area (Å²) in [6.07, 6.45) is 0.226. The van der Waals surface area contributed by atoms with E-state index in [1.165, 1.54) is 17.3 Å². The highest BCUT2D eigenvalue weighted by atomic mass is 32.2. The van der Waals surface area contributed by atoms with Crippen LogP contribution in [0.2, 0.25) is 0 Å². The fraction of sp³-hybridized carbons (Fsp3) is 0.292. The number of hydrogen-bond donors (Lipinski definition) is 2. The van der Waals surface area contributed by atoms with E-state index in [0.717, 1.165) is 16.8 Å². The fourth-order valence-corrected chi connectivity index (χ4v) is 4.25. The van der Waals surface area contributed by atoms with Gasteiger partial charge >= 0.3 is 0 Å². The van der Waals surface area contributed by atoms with Gasteiger partial charge < -0.3 is 10.6 Å². The lowest BCUT2D eigenvalue weighted by Gasteiger charge is -2.25. The molecule has 0 fully saturated rings. The van der Waals surface area contributed by atoms with Crippen LogP contribution in [0.15, 0.2) is 59.1 Å². The van der Waals surface area contributed by atoms with Crippen molar-refractivity contribution in [3.63, 3.8) is 0 Å². The maximum atomic E-state index is 12.4. The van der Waals surface area contributed by atoms with Crippen LogP contribution < -0.4 is 10.6 Å². The monoisotopic (exact) mass is 419 g/mol. The number of nitrogens with zero attached hydrogens (tertiary/aromatic N) is 1. The van der Waals surface area contributed by atoms with Crippen molar-refractivity contribution < 1.29 is 9.59 Å². The van der Waals surface area contributed by atoms with Crippen molar-refractivity contribution in [2.45, 2.75) is 39.0 Å². The van der Waals surface area contributed by atoms with Gasteiger partial charge in [0.25, 0.3) is 0 Å². The van der Waals surface area contributed by atoms with Gasteiger partial charge in [0.05, 0.1) is 22.4 Å². The Kier molecular flexibility index (Phi) is 6.96. The lowest BCUT2D eigenvalue weighted by atomic mass is 9.86. The highest BCUT2D eigenvalue weighted by Gasteiger charge is 2.30. The van der Waals surface area contributed by atoms with Crippen LogP contribution in [0, 0.1) is 18.3 Å². The second kappa shape index (κ2) is 9.64. The second-order valence-electron chi connectivity index (χ2n) is 7.63. The van der Waals surface area contributed by atoms with E-state index in [-0.39, 0.29) is 29.9 Å². The molecule has 1 aliphatic heterocycles. The van der Waals surface area contributed by atoms with Crippen LogP contribution in [0.1, 0.15) is 48.8 Å². The summed E-state index contributed by atoms with van der Waals surface area (Å²) in [7, 11) is 0. The van der Waals surface area contributed by atoms with E-state index in [2.05, 4.69) is 30.6 Å². The summed E-state index contributed by atoms with van der Waals surface area (Å²) in [5, 5.41) is 15.9. The summed E-state index contributed by atoms with van der Waals surface area (Å²) >= 11 is 1.19. The molecule has 2 N–H and O–H groups in total. The molecule has 0 aliphatic carbocycles. The molecule has 1 atom stereocenters. The zero-order valence-corrected chi connectivity index (χ0v) is 18.2. The third-order valence-corrected chi connectivity index (χ3v) is 6.15. The van der Waals surface area contributed by atoms with Crippen molar-refractivity contribution in [1.82, 2.24) is 5.32 Å². The molecule has 0 radical (unpaired) electrons. The summed E-state index contributed by atoms with van der Waals surface area (Å²) in [6, 6.07) is 17.9. The zero-order chi connectivity index (χ0) is 21.7. The Balaban J connectivity index is 1.76. The van der Waals surface area contributed by atoms with Crippen LogP contribution >= 0.6 is 11.8 Å². The smallest absolute Gasteiger partial charge is 0.234 e. The molecule has 0 bridgehead atoms. The van der Waals surface area contributed by atoms with Crippen LogP contribution in [0.5, 0.6) is 0 Å². The predicted octanol–water partition coefficient (Wildman–Crippen LogP) is 4.83. The third-order valence-electron chi connectivity index (χ3n) is 5.13. The number of benzene rings is 2. The zero-order valence-electron chi connectivity index (χ0n) is 17.4. The number of rotatable bonds is 6. The topological polar surface area (TPSA) is 82.0 Å². The summed E-state index contributed by atoms with van der Waals surface area (Å²) in [5.74, 6) is -0.108. The first-order chi connectivity index (χ1) is 14.4. The van der Waals surface area contributed by atoms with Crippen molar-refractivity contribution in [1.29, 1.82) is 5.26 Å². The Labute approximate surface area is 181 Å². The Hall–Kier alpha value is -3.04. The van der Waals surface area contributed by atoms with E-state index in [9.17, 15) is 14.9 Å². The van der Waals surface area contributed by atoms with Gasteiger partial charge in [-0.05, 0) is 35.6 Å². The van der Waals surface area contributed by atoms with Crippen LogP contribution in [0.25, 0.3) is 0 Å². The van der Waals surface area contributed by atoms with Crippen molar-refractivity contribution in [3.05, 3.63) is 75.8 Å². The molecule has 3 rings (SSSR count). The number of carbonyl (C=O) groups excluding carboxylic acids is 2. The Morgan fingerprint density at radius 1 is 1.23 bits per heavy atom. The summed E-state index contributed by atoms with van der Waals surface area (Å²) in [6.45, 7) is 6.18. The standard InChI is InChI=1S/C24H25N3O2S/c1-15(2)17-8-10-18(11-9-17)19-12-22(28)27-24(20(19)13-25)30-14-23(29)26-21-7-5-4-6-16(21)3/h4-11,15,19H,12,14H2,1-3H3,(H,26,29)(H,27,28). The molecule has 2 aromatic rings. The largest absolute Gasteiger partial charge is 0.325 e. The first-order valence-corrected chi connectivity index (χ1v) is 10.9. The van der Waals surface area contributed by atoms with Crippen LogP contribution in [0.4, 0.5) is 5.69 Å². The SMILES string of the molecule is Cc1ccccc1NC(=O)CSC1=C(C#N)C(c2ccc(C(C)C)cc2)CC(=O)N1. The average Bonchev–Trinajstić information content (AvgIpc) is 2.73. The summed E-state index contributed by atoms with van der Waals surface area (Å²) in [5.41, 5.74) is 4.38. The maximum Gasteiger partial charge on any atom is 0.234 e. The summed E-state index contributed by atoms with van der Waals surface area (Å²) < 4.78 is 0. The van der Waals surface area contributed by atoms with Gasteiger partial charge in [0, 0.05) is 18.0 Å². The van der Waals surface area contributed by atoms with Crippen LogP contribution in [0.3, 0.4) is 0 Å². The minimum atomic E-state index is -0.299. The van der Waals surface area contributed by atoms with E-state index in [4.69, 9.17) is 0 Å². The number of hydrogen-bond acceptors (Lipinski definition) is 4. The van der Waals surface area contributed by atoms with E-state index < -0.39 is 0 Å². The first kappa shape index (κ1) is 21.7. The van der Waals surface area contributed by atoms with Gasteiger partial charge in [-0.1, -0.05) is 68.1 Å². The average molecular weight is 420 g/mol. The minimum absolute atomic E-state index is 0.105. The molecule has 6 heteroatoms. The molecule has 0 saturated carbocycles. The van der Waals surface area contributed by atoms with E-state index in [0.29, 0.717) is 16.5 Å². The Morgan fingerprint density at radius 2 is 1.93 bits per heavy atom. The molecular formula is C24H25N3O2S. The third kappa shape index (κ3) is 5.11. The molecule has 2 aromatic carbocycles. The predicted molar refractivity (Wildman–Crippen MR) is 121 cm³/mol. The van der Waals surface area contributed by atoms with Crippen LogP contribution in [-0.2, 0) is 9.59 Å². The van der Waals surface area contributed by atoms with Crippen molar-refractivity contribution >= 4 is 29.3 Å². The second-order valence-corrected chi connectivity index (χ2v) is 8.62. The van der Waals surface area contributed by atoms with Crippen molar-refractivity contribution in [2.24, 2.45) is 0 Å². The highest BCUT2D eigenvalue weighted by Crippen LogP contribution is 2.36. The molecular weight excluding hydrogens is 394 g/mol. The minimum Gasteiger partial charge on any atom is -0.325 e. The number of thioether (sulfide) groups is 1.